The summed E-state index contributed by atoms with van der Waals surface area (Å²) in [4.78, 5) is 34.6. The van der Waals surface area contributed by atoms with Crippen LogP contribution >= 0.6 is 11.8 Å². The van der Waals surface area contributed by atoms with Gasteiger partial charge in [-0.15, -0.1) is 0 Å². The van der Waals surface area contributed by atoms with Crippen molar-refractivity contribution in [3.05, 3.63) is 51.7 Å². The number of carbonyl (C=O) groups is 2. The third-order valence-corrected chi connectivity index (χ3v) is 4.91. The fourth-order valence-corrected chi connectivity index (χ4v) is 3.24. The minimum absolute atomic E-state index is 0.148. The van der Waals surface area contributed by atoms with Crippen LogP contribution in [-0.2, 0) is 14.3 Å². The Morgan fingerprint density at radius 1 is 1.40 bits per heavy atom. The van der Waals surface area contributed by atoms with Crippen LogP contribution in [0.1, 0.15) is 25.3 Å². The van der Waals surface area contributed by atoms with Crippen LogP contribution in [0.2, 0.25) is 0 Å². The molecule has 8 nitrogen and oxygen atoms in total. The first-order valence-corrected chi connectivity index (χ1v) is 7.67. The van der Waals surface area contributed by atoms with E-state index in [4.69, 9.17) is 16.5 Å². The van der Waals surface area contributed by atoms with Gasteiger partial charge in [0.1, 0.15) is 0 Å². The van der Waals surface area contributed by atoms with Crippen LogP contribution in [0.25, 0.3) is 0 Å². The smallest absolute Gasteiger partial charge is 0.333 e. The van der Waals surface area contributed by atoms with Crippen molar-refractivity contribution in [2.45, 2.75) is 25.3 Å². The number of rotatable bonds is 4. The lowest BCUT2D eigenvalue weighted by Gasteiger charge is -2.45. The number of esters is 1. The van der Waals surface area contributed by atoms with Crippen LogP contribution in [0, 0.1) is 16.0 Å². The van der Waals surface area contributed by atoms with E-state index in [-0.39, 0.29) is 11.3 Å². The number of carboxylic acid groups (broad SMARTS) is 1. The zero-order valence-electron chi connectivity index (χ0n) is 13.8. The predicted octanol–water partition coefficient (Wildman–Crippen LogP) is 2.68. The van der Waals surface area contributed by atoms with Gasteiger partial charge in [-0.1, -0.05) is 12.1 Å². The Morgan fingerprint density at radius 3 is 2.56 bits per heavy atom. The van der Waals surface area contributed by atoms with Crippen LogP contribution < -0.4 is 0 Å². The summed E-state index contributed by atoms with van der Waals surface area (Å²) >= 11 is 6.15. The van der Waals surface area contributed by atoms with E-state index >= 15 is 0 Å². The van der Waals surface area contributed by atoms with E-state index in [1.54, 1.807) is 19.9 Å². The van der Waals surface area contributed by atoms with Gasteiger partial charge in [0.2, 0.25) is 0 Å². The van der Waals surface area contributed by atoms with E-state index in [1.165, 1.54) is 31.5 Å². The van der Waals surface area contributed by atoms with Crippen molar-refractivity contribution in [1.29, 1.82) is 0 Å². The minimum atomic E-state index is -1.27. The summed E-state index contributed by atoms with van der Waals surface area (Å²) in [7, 11) is 1.19. The number of nitro groups is 1. The second-order valence-electron chi connectivity index (χ2n) is 6.19. The number of nitrogens with zero attached hydrogens (tertiary/aromatic N) is 2. The van der Waals surface area contributed by atoms with Crippen molar-refractivity contribution in [2.24, 2.45) is 5.92 Å². The van der Waals surface area contributed by atoms with Gasteiger partial charge in [0, 0.05) is 36.0 Å². The van der Waals surface area contributed by atoms with Crippen molar-refractivity contribution in [3.8, 4) is 0 Å². The van der Waals surface area contributed by atoms with Crippen LogP contribution in [0.15, 0.2) is 36.0 Å². The molecule has 1 aromatic carbocycles. The van der Waals surface area contributed by atoms with Gasteiger partial charge in [-0.2, -0.15) is 0 Å². The van der Waals surface area contributed by atoms with E-state index in [9.17, 15) is 24.8 Å². The molecule has 1 heterocycles. The lowest BCUT2D eigenvalue weighted by atomic mass is 9.69. The van der Waals surface area contributed by atoms with Crippen molar-refractivity contribution >= 4 is 29.4 Å². The minimum Gasteiger partial charge on any atom is -0.478 e. The summed E-state index contributed by atoms with van der Waals surface area (Å²) in [5.41, 5.74) is -0.999. The Labute approximate surface area is 148 Å². The Hall–Kier alpha value is -2.61. The van der Waals surface area contributed by atoms with Gasteiger partial charge in [-0.05, 0) is 19.4 Å². The van der Waals surface area contributed by atoms with Crippen molar-refractivity contribution < 1.29 is 24.4 Å². The largest absolute Gasteiger partial charge is 0.478 e. The van der Waals surface area contributed by atoms with E-state index in [0.717, 1.165) is 4.42 Å². The van der Waals surface area contributed by atoms with E-state index < -0.39 is 34.2 Å². The highest BCUT2D eigenvalue weighted by Gasteiger charge is 2.51. The molecule has 1 aliphatic rings. The van der Waals surface area contributed by atoms with Gasteiger partial charge in [-0.25, -0.2) is 4.79 Å². The number of benzene rings is 1. The van der Waals surface area contributed by atoms with Crippen LogP contribution in [-0.4, -0.2) is 39.0 Å². The lowest BCUT2D eigenvalue weighted by Crippen LogP contribution is -2.52. The second-order valence-corrected chi connectivity index (χ2v) is 6.55. The number of non-ortho nitro benzene ring substituents is 1. The molecule has 0 fully saturated rings. The first-order chi connectivity index (χ1) is 11.6. The number of halogens is 1. The molecule has 0 amide bonds. The van der Waals surface area contributed by atoms with Crippen molar-refractivity contribution in [2.75, 3.05) is 7.11 Å². The molecular weight excluding hydrogens is 352 g/mol. The highest BCUT2D eigenvalue weighted by atomic mass is 35.5. The molecule has 1 N–H and O–H groups in total. The molecule has 0 radical (unpaired) electrons. The number of carbonyl (C=O) groups excluding carboxylic acids is 1. The molecular formula is C16H17ClN2O6. The zero-order valence-corrected chi connectivity index (χ0v) is 14.6. The lowest BCUT2D eigenvalue weighted by molar-refractivity contribution is -0.384. The van der Waals surface area contributed by atoms with Gasteiger partial charge in [0.05, 0.1) is 29.1 Å². The van der Waals surface area contributed by atoms with Gasteiger partial charge >= 0.3 is 11.9 Å². The Morgan fingerprint density at radius 2 is 2.04 bits per heavy atom. The molecule has 0 bridgehead atoms. The van der Waals surface area contributed by atoms with E-state index in [1.807, 2.05) is 0 Å². The molecule has 2 atom stereocenters. The maximum atomic E-state index is 12.4. The average molecular weight is 369 g/mol. The number of methoxy groups -OCH3 is 1. The van der Waals surface area contributed by atoms with Crippen molar-refractivity contribution in [3.63, 3.8) is 0 Å². The van der Waals surface area contributed by atoms with E-state index in [2.05, 4.69) is 0 Å². The van der Waals surface area contributed by atoms with Crippen molar-refractivity contribution in [1.82, 2.24) is 4.42 Å². The van der Waals surface area contributed by atoms with Gasteiger partial charge in [0.25, 0.3) is 5.69 Å². The highest BCUT2D eigenvalue weighted by molar-refractivity contribution is 6.15. The SMILES string of the molecule is COC(=O)C1C(c2cccc([N+](=O)[O-])c2)C(C(=O)O)=CN(Cl)C1(C)C. The molecule has 2 rings (SSSR count). The number of aliphatic carboxylic acids is 1. The molecule has 0 saturated carbocycles. The monoisotopic (exact) mass is 368 g/mol. The summed E-state index contributed by atoms with van der Waals surface area (Å²) in [5, 5.41) is 20.6. The molecule has 0 spiro atoms. The average Bonchev–Trinajstić information content (AvgIpc) is 2.55. The third-order valence-electron chi connectivity index (χ3n) is 4.37. The molecule has 0 saturated heterocycles. The first kappa shape index (κ1) is 18.7. The quantitative estimate of drug-likeness (QED) is 0.376. The van der Waals surface area contributed by atoms with Crippen LogP contribution in [0.4, 0.5) is 5.69 Å². The standard InChI is InChI=1S/C16H17ClN2O6/c1-16(2)13(15(22)25-3)12(11(14(20)21)8-18(16)17)9-5-4-6-10(7-9)19(23)24/h4-8,12-13H,1-3H3,(H,20,21). The fraction of sp³-hybridized carbons (Fsp3) is 0.375. The molecule has 2 unspecified atom stereocenters. The molecule has 134 valence electrons. The van der Waals surface area contributed by atoms with Gasteiger partial charge < -0.3 is 9.84 Å². The summed E-state index contributed by atoms with van der Waals surface area (Å²) in [6.45, 7) is 3.34. The molecule has 0 aliphatic carbocycles. The number of hydrogen-bond acceptors (Lipinski definition) is 6. The predicted molar refractivity (Wildman–Crippen MR) is 88.8 cm³/mol. The Bertz CT molecular complexity index is 761. The number of carboxylic acids is 1. The number of ether oxygens (including phenoxy) is 1. The summed E-state index contributed by atoms with van der Waals surface area (Å²) in [6, 6.07) is 5.55. The maximum Gasteiger partial charge on any atom is 0.333 e. The molecule has 1 aliphatic heterocycles. The summed E-state index contributed by atoms with van der Waals surface area (Å²) in [5.74, 6) is -3.85. The van der Waals surface area contributed by atoms with Crippen LogP contribution in [0.3, 0.4) is 0 Å². The fourth-order valence-electron chi connectivity index (χ4n) is 3.03. The summed E-state index contributed by atoms with van der Waals surface area (Å²) < 4.78 is 5.98. The van der Waals surface area contributed by atoms with Crippen LogP contribution in [0.5, 0.6) is 0 Å². The highest BCUT2D eigenvalue weighted by Crippen LogP contribution is 2.47. The molecule has 9 heteroatoms. The number of hydrogen-bond donors (Lipinski definition) is 1. The van der Waals surface area contributed by atoms with Gasteiger partial charge in [0.15, 0.2) is 0 Å². The third kappa shape index (κ3) is 3.30. The topological polar surface area (TPSA) is 110 Å². The van der Waals surface area contributed by atoms with Gasteiger partial charge in [-0.3, -0.25) is 19.3 Å². The molecule has 0 aromatic heterocycles. The maximum absolute atomic E-state index is 12.4. The number of nitro benzene ring substituents is 1. The summed E-state index contributed by atoms with van der Waals surface area (Å²) in [6.07, 6.45) is 1.23. The second kappa shape index (κ2) is 6.72. The van der Waals surface area contributed by atoms with E-state index in [0.29, 0.717) is 5.56 Å². The molecule has 1 aromatic rings. The first-order valence-electron chi connectivity index (χ1n) is 7.33. The normalized spacial score (nSPS) is 22.1. The Balaban J connectivity index is 2.72. The zero-order chi connectivity index (χ0) is 18.9. The molecule has 25 heavy (non-hydrogen) atoms. The Kier molecular flexibility index (Phi) is 5.03.